The molecule has 0 aliphatic carbocycles. The second-order valence-electron chi connectivity index (χ2n) is 5.96. The smallest absolute Gasteiger partial charge is 0.317 e. The zero-order chi connectivity index (χ0) is 19.0. The lowest BCUT2D eigenvalue weighted by atomic mass is 10.0. The SMILES string of the molecule is CCCN(CC(=O)O)CC(=O)NC(C)c1cc(OC)c(OC)cc1C.Cl. The van der Waals surface area contributed by atoms with Crippen LogP contribution in [0.2, 0.25) is 0 Å². The molecule has 0 heterocycles. The van der Waals surface area contributed by atoms with Gasteiger partial charge in [0.15, 0.2) is 11.5 Å². The quantitative estimate of drug-likeness (QED) is 0.640. The lowest BCUT2D eigenvalue weighted by Gasteiger charge is -2.22. The molecule has 7 nitrogen and oxygen atoms in total. The van der Waals surface area contributed by atoms with Gasteiger partial charge < -0.3 is 19.9 Å². The predicted molar refractivity (Wildman–Crippen MR) is 102 cm³/mol. The first-order valence-corrected chi connectivity index (χ1v) is 8.28. The molecule has 2 N–H and O–H groups in total. The molecule has 0 bridgehead atoms. The Hall–Kier alpha value is -1.99. The molecule has 1 aromatic carbocycles. The molecule has 0 aliphatic heterocycles. The molecule has 0 radical (unpaired) electrons. The summed E-state index contributed by atoms with van der Waals surface area (Å²) in [5.74, 6) is 0.0851. The Labute approximate surface area is 161 Å². The van der Waals surface area contributed by atoms with Crippen molar-refractivity contribution in [3.8, 4) is 11.5 Å². The number of carboxylic acids is 1. The van der Waals surface area contributed by atoms with Gasteiger partial charge in [-0.15, -0.1) is 12.4 Å². The summed E-state index contributed by atoms with van der Waals surface area (Å²) in [6, 6.07) is 3.48. The Bertz CT molecular complexity index is 609. The fraction of sp³-hybridized carbons (Fsp3) is 0.556. The van der Waals surface area contributed by atoms with E-state index in [1.165, 1.54) is 0 Å². The standard InChI is InChI=1S/C18H28N2O5.ClH/c1-6-7-20(11-18(22)23)10-17(21)19-13(3)14-9-16(25-5)15(24-4)8-12(14)2;/h8-9,13H,6-7,10-11H2,1-5H3,(H,19,21)(H,22,23);1H. The maximum atomic E-state index is 12.3. The van der Waals surface area contributed by atoms with Crippen molar-refractivity contribution < 1.29 is 24.2 Å². The van der Waals surface area contributed by atoms with Gasteiger partial charge in [0.25, 0.3) is 0 Å². The summed E-state index contributed by atoms with van der Waals surface area (Å²) in [5.41, 5.74) is 1.90. The van der Waals surface area contributed by atoms with E-state index in [-0.39, 0.29) is 37.4 Å². The van der Waals surface area contributed by atoms with Crippen molar-refractivity contribution in [3.05, 3.63) is 23.3 Å². The molecule has 0 saturated carbocycles. The third-order valence-corrected chi connectivity index (χ3v) is 3.88. The van der Waals surface area contributed by atoms with Crippen LogP contribution >= 0.6 is 12.4 Å². The van der Waals surface area contributed by atoms with Gasteiger partial charge in [-0.25, -0.2) is 0 Å². The maximum Gasteiger partial charge on any atom is 0.317 e. The van der Waals surface area contributed by atoms with E-state index in [9.17, 15) is 9.59 Å². The van der Waals surface area contributed by atoms with Crippen molar-refractivity contribution in [2.45, 2.75) is 33.2 Å². The minimum absolute atomic E-state index is 0. The third kappa shape index (κ3) is 7.09. The summed E-state index contributed by atoms with van der Waals surface area (Å²) in [4.78, 5) is 24.8. The topological polar surface area (TPSA) is 88.1 Å². The lowest BCUT2D eigenvalue weighted by molar-refractivity contribution is -0.138. The van der Waals surface area contributed by atoms with Crippen molar-refractivity contribution in [2.24, 2.45) is 0 Å². The number of amides is 1. The number of hydrogen-bond acceptors (Lipinski definition) is 5. The van der Waals surface area contributed by atoms with E-state index in [0.717, 1.165) is 17.5 Å². The summed E-state index contributed by atoms with van der Waals surface area (Å²) in [5, 5.41) is 11.8. The molecule has 1 amide bonds. The average molecular weight is 389 g/mol. The molecule has 0 spiro atoms. The van der Waals surface area contributed by atoms with Crippen LogP contribution in [0, 0.1) is 6.92 Å². The monoisotopic (exact) mass is 388 g/mol. The fourth-order valence-electron chi connectivity index (χ4n) is 2.75. The summed E-state index contributed by atoms with van der Waals surface area (Å²) in [6.45, 7) is 6.23. The van der Waals surface area contributed by atoms with Crippen LogP contribution in [0.4, 0.5) is 0 Å². The number of nitrogens with zero attached hydrogens (tertiary/aromatic N) is 1. The largest absolute Gasteiger partial charge is 0.493 e. The van der Waals surface area contributed by atoms with Crippen molar-refractivity contribution >= 4 is 24.3 Å². The predicted octanol–water partition coefficient (Wildman–Crippen LogP) is 2.41. The summed E-state index contributed by atoms with van der Waals surface area (Å²) in [7, 11) is 3.14. The van der Waals surface area contributed by atoms with E-state index >= 15 is 0 Å². The first kappa shape index (κ1) is 24.0. The summed E-state index contributed by atoms with van der Waals surface area (Å²) in [6.07, 6.45) is 0.783. The van der Waals surface area contributed by atoms with Crippen LogP contribution in [0.25, 0.3) is 0 Å². The van der Waals surface area contributed by atoms with Crippen molar-refractivity contribution in [1.29, 1.82) is 0 Å². The molecule has 0 saturated heterocycles. The number of benzene rings is 1. The van der Waals surface area contributed by atoms with Crippen LogP contribution in [0.3, 0.4) is 0 Å². The Kier molecular flexibility index (Phi) is 10.7. The van der Waals surface area contributed by atoms with Crippen molar-refractivity contribution in [2.75, 3.05) is 33.9 Å². The highest BCUT2D eigenvalue weighted by atomic mass is 35.5. The zero-order valence-corrected chi connectivity index (χ0v) is 16.8. The number of carbonyl (C=O) groups excluding carboxylic acids is 1. The van der Waals surface area contributed by atoms with Gasteiger partial charge in [0.1, 0.15) is 0 Å². The van der Waals surface area contributed by atoms with Gasteiger partial charge in [-0.2, -0.15) is 0 Å². The number of methoxy groups -OCH3 is 2. The zero-order valence-electron chi connectivity index (χ0n) is 16.0. The molecule has 1 unspecified atom stereocenters. The number of aliphatic carboxylic acids is 1. The number of rotatable bonds is 10. The van der Waals surface area contributed by atoms with Crippen molar-refractivity contribution in [3.63, 3.8) is 0 Å². The molecule has 0 fully saturated rings. The Balaban J connectivity index is 0.00000625. The minimum Gasteiger partial charge on any atom is -0.493 e. The molecular weight excluding hydrogens is 360 g/mol. The maximum absolute atomic E-state index is 12.3. The van der Waals surface area contributed by atoms with Crippen LogP contribution in [-0.2, 0) is 9.59 Å². The first-order chi connectivity index (χ1) is 11.8. The van der Waals surface area contributed by atoms with E-state index in [2.05, 4.69) is 5.32 Å². The van der Waals surface area contributed by atoms with Gasteiger partial charge >= 0.3 is 5.97 Å². The molecule has 26 heavy (non-hydrogen) atoms. The third-order valence-electron chi connectivity index (χ3n) is 3.88. The Morgan fingerprint density at radius 2 is 1.77 bits per heavy atom. The molecule has 148 valence electrons. The highest BCUT2D eigenvalue weighted by Gasteiger charge is 2.18. The average Bonchev–Trinajstić information content (AvgIpc) is 2.53. The number of halogens is 1. The summed E-state index contributed by atoms with van der Waals surface area (Å²) >= 11 is 0. The van der Waals surface area contributed by atoms with Gasteiger partial charge in [0, 0.05) is 0 Å². The molecule has 0 aromatic heterocycles. The Morgan fingerprint density at radius 3 is 2.27 bits per heavy atom. The van der Waals surface area contributed by atoms with E-state index in [1.807, 2.05) is 32.9 Å². The second kappa shape index (κ2) is 11.6. The van der Waals surface area contributed by atoms with Gasteiger partial charge in [-0.3, -0.25) is 14.5 Å². The van der Waals surface area contributed by atoms with E-state index in [1.54, 1.807) is 19.1 Å². The number of ether oxygens (including phenoxy) is 2. The lowest BCUT2D eigenvalue weighted by Crippen LogP contribution is -2.41. The van der Waals surface area contributed by atoms with Crippen LogP contribution in [0.15, 0.2) is 12.1 Å². The first-order valence-electron chi connectivity index (χ1n) is 8.28. The normalized spacial score (nSPS) is 11.5. The Morgan fingerprint density at radius 1 is 1.19 bits per heavy atom. The molecule has 1 atom stereocenters. The van der Waals surface area contributed by atoms with E-state index < -0.39 is 5.97 Å². The van der Waals surface area contributed by atoms with Gasteiger partial charge in [-0.05, 0) is 50.1 Å². The minimum atomic E-state index is -0.940. The number of hydrogen-bond donors (Lipinski definition) is 2. The van der Waals surface area contributed by atoms with Crippen LogP contribution in [-0.4, -0.2) is 55.7 Å². The molecule has 1 rings (SSSR count). The van der Waals surface area contributed by atoms with E-state index in [0.29, 0.717) is 18.0 Å². The second-order valence-corrected chi connectivity index (χ2v) is 5.96. The number of carbonyl (C=O) groups is 2. The van der Waals surface area contributed by atoms with Crippen LogP contribution < -0.4 is 14.8 Å². The number of carboxylic acid groups (broad SMARTS) is 1. The van der Waals surface area contributed by atoms with E-state index in [4.69, 9.17) is 14.6 Å². The van der Waals surface area contributed by atoms with Crippen LogP contribution in [0.5, 0.6) is 11.5 Å². The molecule has 1 aromatic rings. The molecule has 8 heteroatoms. The van der Waals surface area contributed by atoms with Gasteiger partial charge in [-0.1, -0.05) is 6.92 Å². The van der Waals surface area contributed by atoms with Gasteiger partial charge in [0.05, 0.1) is 33.4 Å². The van der Waals surface area contributed by atoms with Gasteiger partial charge in [0.2, 0.25) is 5.91 Å². The number of aryl methyl sites for hydroxylation is 1. The molecule has 0 aliphatic rings. The highest BCUT2D eigenvalue weighted by Crippen LogP contribution is 2.32. The summed E-state index contributed by atoms with van der Waals surface area (Å²) < 4.78 is 10.6. The fourth-order valence-corrected chi connectivity index (χ4v) is 2.75. The highest BCUT2D eigenvalue weighted by molar-refractivity contribution is 5.85. The number of nitrogens with one attached hydrogen (secondary N) is 1. The van der Waals surface area contributed by atoms with Crippen molar-refractivity contribution in [1.82, 2.24) is 10.2 Å². The van der Waals surface area contributed by atoms with Crippen LogP contribution in [0.1, 0.15) is 37.4 Å². The molecular formula is C18H29ClN2O5.